The van der Waals surface area contributed by atoms with Gasteiger partial charge in [-0.05, 0) is 35.9 Å². The van der Waals surface area contributed by atoms with Crippen LogP contribution in [0.15, 0.2) is 60.8 Å². The Morgan fingerprint density at radius 1 is 1.00 bits per heavy atom. The minimum Gasteiger partial charge on any atom is -0.486 e. The summed E-state index contributed by atoms with van der Waals surface area (Å²) in [7, 11) is 0. The minimum atomic E-state index is -0.394. The van der Waals surface area contributed by atoms with Gasteiger partial charge in [0.2, 0.25) is 5.91 Å². The van der Waals surface area contributed by atoms with Gasteiger partial charge in [0.25, 0.3) is 0 Å². The van der Waals surface area contributed by atoms with Gasteiger partial charge in [-0.15, -0.1) is 0 Å². The molecule has 0 aliphatic carbocycles. The Morgan fingerprint density at radius 3 is 2.57 bits per heavy atom. The van der Waals surface area contributed by atoms with Crippen molar-refractivity contribution in [1.82, 2.24) is 4.98 Å². The van der Waals surface area contributed by atoms with Crippen LogP contribution in [0.3, 0.4) is 0 Å². The number of fused-ring (bicyclic) bond motifs is 1. The number of hydrogen-bond donors (Lipinski definition) is 2. The molecule has 1 aliphatic heterocycles. The maximum absolute atomic E-state index is 13.6. The summed E-state index contributed by atoms with van der Waals surface area (Å²) in [5.74, 6) is 1.32. The lowest BCUT2D eigenvalue weighted by molar-refractivity contribution is -0.115. The molecule has 7 heteroatoms. The predicted octanol–water partition coefficient (Wildman–Crippen LogP) is 3.92. The first kappa shape index (κ1) is 17.8. The Morgan fingerprint density at radius 2 is 1.79 bits per heavy atom. The third-order valence-electron chi connectivity index (χ3n) is 4.17. The first-order valence-electron chi connectivity index (χ1n) is 8.83. The molecule has 0 saturated heterocycles. The number of aromatic nitrogens is 1. The molecule has 0 fully saturated rings. The number of benzene rings is 2. The fourth-order valence-electron chi connectivity index (χ4n) is 2.83. The molecule has 0 bridgehead atoms. The van der Waals surface area contributed by atoms with E-state index in [0.29, 0.717) is 36.0 Å². The second kappa shape index (κ2) is 7.96. The van der Waals surface area contributed by atoms with Gasteiger partial charge >= 0.3 is 0 Å². The molecule has 2 heterocycles. The Labute approximate surface area is 161 Å². The van der Waals surface area contributed by atoms with Crippen molar-refractivity contribution in [2.45, 2.75) is 6.42 Å². The fraction of sp³-hybridized carbons (Fsp3) is 0.143. The summed E-state index contributed by atoms with van der Waals surface area (Å²) in [6, 6.07) is 15.3. The van der Waals surface area contributed by atoms with Crippen molar-refractivity contribution in [2.24, 2.45) is 0 Å². The van der Waals surface area contributed by atoms with Crippen LogP contribution in [0, 0.1) is 5.82 Å². The monoisotopic (exact) mass is 379 g/mol. The van der Waals surface area contributed by atoms with Crippen LogP contribution < -0.4 is 20.1 Å². The van der Waals surface area contributed by atoms with Gasteiger partial charge in [-0.2, -0.15) is 0 Å². The summed E-state index contributed by atoms with van der Waals surface area (Å²) in [4.78, 5) is 16.4. The number of carbonyl (C=O) groups excluding carboxylic acids is 1. The number of carbonyl (C=O) groups is 1. The highest BCUT2D eigenvalue weighted by Crippen LogP contribution is 2.33. The van der Waals surface area contributed by atoms with Gasteiger partial charge in [0.15, 0.2) is 11.5 Å². The summed E-state index contributed by atoms with van der Waals surface area (Å²) in [6.07, 6.45) is 1.50. The molecule has 28 heavy (non-hydrogen) atoms. The lowest BCUT2D eigenvalue weighted by Crippen LogP contribution is -2.15. The Balaban J connectivity index is 1.37. The van der Waals surface area contributed by atoms with E-state index in [9.17, 15) is 9.18 Å². The standard InChI is InChI=1S/C21H18FN3O3/c22-17-4-2-1-3-14(17)11-21(26)25-16-6-8-20(23-13-16)24-15-5-7-18-19(12-15)28-10-9-27-18/h1-8,12-13H,9-11H2,(H,23,24)(H,25,26). The zero-order chi connectivity index (χ0) is 19.3. The molecule has 142 valence electrons. The first-order valence-corrected chi connectivity index (χ1v) is 8.83. The van der Waals surface area contributed by atoms with Crippen LogP contribution in [0.5, 0.6) is 11.5 Å². The van der Waals surface area contributed by atoms with Gasteiger partial charge < -0.3 is 20.1 Å². The minimum absolute atomic E-state index is 0.0378. The van der Waals surface area contributed by atoms with Gasteiger partial charge in [-0.1, -0.05) is 18.2 Å². The van der Waals surface area contributed by atoms with Gasteiger partial charge in [0, 0.05) is 11.8 Å². The SMILES string of the molecule is O=C(Cc1ccccc1F)Nc1ccc(Nc2ccc3c(c2)OCCO3)nc1. The summed E-state index contributed by atoms with van der Waals surface area (Å²) >= 11 is 0. The number of nitrogens with zero attached hydrogens (tertiary/aromatic N) is 1. The van der Waals surface area contributed by atoms with Gasteiger partial charge in [-0.3, -0.25) is 4.79 Å². The number of anilines is 3. The zero-order valence-corrected chi connectivity index (χ0v) is 14.9. The first-order chi connectivity index (χ1) is 13.7. The number of nitrogens with one attached hydrogen (secondary N) is 2. The fourth-order valence-corrected chi connectivity index (χ4v) is 2.83. The molecule has 0 spiro atoms. The normalized spacial score (nSPS) is 12.3. The molecule has 3 aromatic rings. The van der Waals surface area contributed by atoms with Crippen LogP contribution in [-0.4, -0.2) is 24.1 Å². The molecule has 0 unspecified atom stereocenters. The number of pyridine rings is 1. The van der Waals surface area contributed by atoms with Crippen LogP contribution >= 0.6 is 0 Å². The van der Waals surface area contributed by atoms with Crippen LogP contribution in [0.25, 0.3) is 0 Å². The lowest BCUT2D eigenvalue weighted by Gasteiger charge is -2.19. The van der Waals surface area contributed by atoms with Crippen molar-refractivity contribution >= 4 is 23.1 Å². The molecule has 1 aromatic heterocycles. The van der Waals surface area contributed by atoms with Gasteiger partial charge in [0.1, 0.15) is 24.8 Å². The highest BCUT2D eigenvalue weighted by atomic mass is 19.1. The maximum atomic E-state index is 13.6. The predicted molar refractivity (Wildman–Crippen MR) is 104 cm³/mol. The van der Waals surface area contributed by atoms with Crippen LogP contribution in [0.2, 0.25) is 0 Å². The molecular weight excluding hydrogens is 361 g/mol. The van der Waals surface area contributed by atoms with Crippen molar-refractivity contribution in [3.05, 3.63) is 72.2 Å². The van der Waals surface area contributed by atoms with E-state index in [1.807, 2.05) is 18.2 Å². The number of halogens is 1. The largest absolute Gasteiger partial charge is 0.486 e. The molecule has 0 saturated carbocycles. The summed E-state index contributed by atoms with van der Waals surface area (Å²) < 4.78 is 24.7. The molecule has 2 aromatic carbocycles. The van der Waals surface area contributed by atoms with E-state index < -0.39 is 5.82 Å². The average Bonchev–Trinajstić information content (AvgIpc) is 2.71. The Hall–Kier alpha value is -3.61. The number of hydrogen-bond acceptors (Lipinski definition) is 5. The maximum Gasteiger partial charge on any atom is 0.228 e. The number of ether oxygens (including phenoxy) is 2. The van der Waals surface area contributed by atoms with Crippen LogP contribution in [0.1, 0.15) is 5.56 Å². The van der Waals surface area contributed by atoms with Crippen LogP contribution in [-0.2, 0) is 11.2 Å². The number of amides is 1. The van der Waals surface area contributed by atoms with Crippen molar-refractivity contribution in [1.29, 1.82) is 0 Å². The van der Waals surface area contributed by atoms with Crippen LogP contribution in [0.4, 0.5) is 21.6 Å². The highest BCUT2D eigenvalue weighted by molar-refractivity contribution is 5.92. The zero-order valence-electron chi connectivity index (χ0n) is 14.9. The molecule has 4 rings (SSSR count). The molecule has 0 atom stereocenters. The van der Waals surface area contributed by atoms with E-state index in [4.69, 9.17) is 9.47 Å². The van der Waals surface area contributed by atoms with E-state index in [1.165, 1.54) is 6.07 Å². The summed E-state index contributed by atoms with van der Waals surface area (Å²) in [5, 5.41) is 5.89. The quantitative estimate of drug-likeness (QED) is 0.703. The van der Waals surface area contributed by atoms with E-state index in [2.05, 4.69) is 15.6 Å². The van der Waals surface area contributed by atoms with E-state index in [0.717, 1.165) is 11.4 Å². The molecule has 6 nitrogen and oxygen atoms in total. The van der Waals surface area contributed by atoms with Crippen molar-refractivity contribution in [3.8, 4) is 11.5 Å². The molecule has 2 N–H and O–H groups in total. The molecule has 1 amide bonds. The van der Waals surface area contributed by atoms with E-state index in [-0.39, 0.29) is 12.3 Å². The van der Waals surface area contributed by atoms with Crippen molar-refractivity contribution in [2.75, 3.05) is 23.8 Å². The van der Waals surface area contributed by atoms with Crippen molar-refractivity contribution in [3.63, 3.8) is 0 Å². The lowest BCUT2D eigenvalue weighted by atomic mass is 10.1. The third-order valence-corrected chi connectivity index (χ3v) is 4.17. The third kappa shape index (κ3) is 4.20. The van der Waals surface area contributed by atoms with E-state index >= 15 is 0 Å². The van der Waals surface area contributed by atoms with Gasteiger partial charge in [-0.25, -0.2) is 9.37 Å². The summed E-state index contributed by atoms with van der Waals surface area (Å²) in [6.45, 7) is 1.07. The Kier molecular flexibility index (Phi) is 5.05. The van der Waals surface area contributed by atoms with Crippen molar-refractivity contribution < 1.29 is 18.7 Å². The second-order valence-corrected chi connectivity index (χ2v) is 6.23. The Bertz CT molecular complexity index is 992. The number of rotatable bonds is 5. The average molecular weight is 379 g/mol. The van der Waals surface area contributed by atoms with Gasteiger partial charge in [0.05, 0.1) is 18.3 Å². The molecule has 0 radical (unpaired) electrons. The smallest absolute Gasteiger partial charge is 0.228 e. The summed E-state index contributed by atoms with van der Waals surface area (Å²) in [5.41, 5.74) is 1.70. The molecule has 1 aliphatic rings. The highest BCUT2D eigenvalue weighted by Gasteiger charge is 2.12. The topological polar surface area (TPSA) is 72.5 Å². The second-order valence-electron chi connectivity index (χ2n) is 6.23. The molecular formula is C21H18FN3O3. The van der Waals surface area contributed by atoms with E-state index in [1.54, 1.807) is 36.5 Å².